The number of amides is 1. The molecule has 0 unspecified atom stereocenters. The van der Waals surface area contributed by atoms with E-state index < -0.39 is 6.04 Å². The predicted octanol–water partition coefficient (Wildman–Crippen LogP) is 3.53. The van der Waals surface area contributed by atoms with Gasteiger partial charge in [0, 0.05) is 6.54 Å². The molecule has 1 N–H and O–H groups in total. The molecule has 1 amide bonds. The van der Waals surface area contributed by atoms with E-state index >= 15 is 0 Å². The topological polar surface area (TPSA) is 58.6 Å². The van der Waals surface area contributed by atoms with Gasteiger partial charge in [0.25, 0.3) is 0 Å². The van der Waals surface area contributed by atoms with Gasteiger partial charge >= 0.3 is 5.97 Å². The first-order chi connectivity index (χ1) is 12.5. The van der Waals surface area contributed by atoms with Crippen molar-refractivity contribution in [2.45, 2.75) is 19.0 Å². The van der Waals surface area contributed by atoms with Gasteiger partial charge in [-0.05, 0) is 29.7 Å². The molecule has 1 aliphatic rings. The van der Waals surface area contributed by atoms with E-state index in [9.17, 15) is 9.59 Å². The van der Waals surface area contributed by atoms with Crippen molar-refractivity contribution in [3.8, 4) is 0 Å². The minimum atomic E-state index is -0.504. The Labute approximate surface area is 161 Å². The highest BCUT2D eigenvalue weighted by Gasteiger charge is 2.33. The first-order valence-corrected chi connectivity index (χ1v) is 8.87. The summed E-state index contributed by atoms with van der Waals surface area (Å²) in [6.07, 6.45) is 0.508. The lowest BCUT2D eigenvalue weighted by Crippen LogP contribution is -2.49. The van der Waals surface area contributed by atoms with Crippen LogP contribution < -0.4 is 5.32 Å². The molecular formula is C19H18Cl2N2O3. The van der Waals surface area contributed by atoms with Crippen LogP contribution in [0.4, 0.5) is 5.69 Å². The molecule has 1 heterocycles. The number of halogens is 2. The van der Waals surface area contributed by atoms with Crippen LogP contribution in [0.1, 0.15) is 11.1 Å². The van der Waals surface area contributed by atoms with E-state index in [1.165, 1.54) is 7.11 Å². The fourth-order valence-corrected chi connectivity index (χ4v) is 3.43. The number of ether oxygens (including phenoxy) is 1. The Balaban J connectivity index is 1.76. The smallest absolute Gasteiger partial charge is 0.323 e. The number of methoxy groups -OCH3 is 1. The molecule has 136 valence electrons. The fourth-order valence-electron chi connectivity index (χ4n) is 3.09. The van der Waals surface area contributed by atoms with E-state index in [4.69, 9.17) is 27.9 Å². The molecule has 0 saturated carbocycles. The summed E-state index contributed by atoms with van der Waals surface area (Å²) in [4.78, 5) is 26.5. The largest absolute Gasteiger partial charge is 0.468 e. The SMILES string of the molecule is COC(=O)[C@@H]1Cc2ccccc2CN1CC(=O)Nc1cccc(Cl)c1Cl. The normalized spacial score (nSPS) is 16.7. The second kappa shape index (κ2) is 8.08. The molecule has 2 aromatic carbocycles. The van der Waals surface area contributed by atoms with Gasteiger partial charge in [0.15, 0.2) is 0 Å². The lowest BCUT2D eigenvalue weighted by molar-refractivity contribution is -0.148. The van der Waals surface area contributed by atoms with Gasteiger partial charge in [-0.3, -0.25) is 14.5 Å². The Hall–Kier alpha value is -2.08. The third-order valence-electron chi connectivity index (χ3n) is 4.39. The average molecular weight is 393 g/mol. The van der Waals surface area contributed by atoms with Gasteiger partial charge < -0.3 is 10.1 Å². The monoisotopic (exact) mass is 392 g/mol. The summed E-state index contributed by atoms with van der Waals surface area (Å²) < 4.78 is 4.92. The van der Waals surface area contributed by atoms with Crippen LogP contribution in [0.5, 0.6) is 0 Å². The number of hydrogen-bond acceptors (Lipinski definition) is 4. The Bertz CT molecular complexity index is 841. The number of anilines is 1. The molecule has 1 atom stereocenters. The van der Waals surface area contributed by atoms with Crippen LogP contribution in [0, 0.1) is 0 Å². The van der Waals surface area contributed by atoms with Crippen LogP contribution in [0.25, 0.3) is 0 Å². The number of carbonyl (C=O) groups is 2. The molecule has 0 saturated heterocycles. The number of nitrogens with one attached hydrogen (secondary N) is 1. The average Bonchev–Trinajstić information content (AvgIpc) is 2.64. The van der Waals surface area contributed by atoms with Gasteiger partial charge in [-0.15, -0.1) is 0 Å². The molecule has 0 radical (unpaired) electrons. The number of nitrogens with zero attached hydrogens (tertiary/aromatic N) is 1. The molecule has 3 rings (SSSR count). The van der Waals surface area contributed by atoms with Crippen molar-refractivity contribution in [1.82, 2.24) is 4.90 Å². The zero-order valence-corrected chi connectivity index (χ0v) is 15.7. The maximum atomic E-state index is 12.5. The lowest BCUT2D eigenvalue weighted by atomic mass is 9.94. The van der Waals surface area contributed by atoms with Crippen molar-refractivity contribution in [1.29, 1.82) is 0 Å². The Morgan fingerprint density at radius 3 is 2.62 bits per heavy atom. The maximum Gasteiger partial charge on any atom is 0.323 e. The zero-order valence-electron chi connectivity index (χ0n) is 14.2. The third kappa shape index (κ3) is 4.01. The molecule has 0 bridgehead atoms. The molecule has 0 fully saturated rings. The molecule has 0 aliphatic carbocycles. The number of benzene rings is 2. The zero-order chi connectivity index (χ0) is 18.7. The minimum absolute atomic E-state index is 0.0386. The van der Waals surface area contributed by atoms with Gasteiger partial charge in [0.2, 0.25) is 5.91 Å². The molecule has 0 spiro atoms. The molecule has 7 heteroatoms. The van der Waals surface area contributed by atoms with Gasteiger partial charge in [-0.2, -0.15) is 0 Å². The molecule has 26 heavy (non-hydrogen) atoms. The van der Waals surface area contributed by atoms with Crippen LogP contribution in [0.2, 0.25) is 10.0 Å². The van der Waals surface area contributed by atoms with E-state index in [1.807, 2.05) is 29.2 Å². The third-order valence-corrected chi connectivity index (χ3v) is 5.21. The second-order valence-corrected chi connectivity index (χ2v) is 6.85. The molecule has 1 aliphatic heterocycles. The summed E-state index contributed by atoms with van der Waals surface area (Å²) in [5, 5.41) is 3.40. The number of fused-ring (bicyclic) bond motifs is 1. The van der Waals surface area contributed by atoms with E-state index in [2.05, 4.69) is 5.32 Å². The van der Waals surface area contributed by atoms with E-state index in [0.717, 1.165) is 11.1 Å². The lowest BCUT2D eigenvalue weighted by Gasteiger charge is -2.34. The number of hydrogen-bond donors (Lipinski definition) is 1. The van der Waals surface area contributed by atoms with E-state index in [0.29, 0.717) is 23.7 Å². The Kier molecular flexibility index (Phi) is 5.81. The van der Waals surface area contributed by atoms with Crippen molar-refractivity contribution in [2.75, 3.05) is 19.0 Å². The maximum absolute atomic E-state index is 12.5. The van der Waals surface area contributed by atoms with Crippen LogP contribution in [0.15, 0.2) is 42.5 Å². The first-order valence-electron chi connectivity index (χ1n) is 8.12. The van der Waals surface area contributed by atoms with Gasteiger partial charge in [0.1, 0.15) is 6.04 Å². The quantitative estimate of drug-likeness (QED) is 0.808. The summed E-state index contributed by atoms with van der Waals surface area (Å²) in [5.74, 6) is -0.629. The number of rotatable bonds is 4. The number of carbonyl (C=O) groups excluding carboxylic acids is 2. The summed E-state index contributed by atoms with van der Waals surface area (Å²) in [7, 11) is 1.35. The molecular weight excluding hydrogens is 375 g/mol. The summed E-state index contributed by atoms with van der Waals surface area (Å²) in [6.45, 7) is 0.531. The van der Waals surface area contributed by atoms with Crippen LogP contribution in [-0.4, -0.2) is 36.5 Å². The van der Waals surface area contributed by atoms with Crippen molar-refractivity contribution in [3.63, 3.8) is 0 Å². The minimum Gasteiger partial charge on any atom is -0.468 e. The molecule has 5 nitrogen and oxygen atoms in total. The highest BCUT2D eigenvalue weighted by Crippen LogP contribution is 2.30. The van der Waals surface area contributed by atoms with Crippen LogP contribution in [-0.2, 0) is 27.3 Å². The fraction of sp³-hybridized carbons (Fsp3) is 0.263. The van der Waals surface area contributed by atoms with Crippen molar-refractivity contribution in [3.05, 3.63) is 63.6 Å². The van der Waals surface area contributed by atoms with Crippen molar-refractivity contribution < 1.29 is 14.3 Å². The standard InChI is InChI=1S/C19H18Cl2N2O3/c1-26-19(25)16-9-12-5-2-3-6-13(12)10-23(16)11-17(24)22-15-8-4-7-14(20)18(15)21/h2-8,16H,9-11H2,1H3,(H,22,24)/t16-/m0/s1. The van der Waals surface area contributed by atoms with Crippen LogP contribution >= 0.6 is 23.2 Å². The van der Waals surface area contributed by atoms with Crippen molar-refractivity contribution in [2.24, 2.45) is 0 Å². The van der Waals surface area contributed by atoms with Gasteiger partial charge in [-0.1, -0.05) is 53.5 Å². The Morgan fingerprint density at radius 1 is 1.15 bits per heavy atom. The van der Waals surface area contributed by atoms with Gasteiger partial charge in [0.05, 0.1) is 29.4 Å². The molecule has 0 aromatic heterocycles. The summed E-state index contributed by atoms with van der Waals surface area (Å²) in [6, 6.07) is 12.4. The second-order valence-electron chi connectivity index (χ2n) is 6.07. The van der Waals surface area contributed by atoms with Crippen LogP contribution in [0.3, 0.4) is 0 Å². The van der Waals surface area contributed by atoms with E-state index in [-0.39, 0.29) is 23.4 Å². The molecule has 2 aromatic rings. The van der Waals surface area contributed by atoms with E-state index in [1.54, 1.807) is 18.2 Å². The number of esters is 1. The van der Waals surface area contributed by atoms with Crippen molar-refractivity contribution >= 4 is 40.8 Å². The first kappa shape index (κ1) is 18.7. The summed E-state index contributed by atoms with van der Waals surface area (Å²) in [5.41, 5.74) is 2.63. The summed E-state index contributed by atoms with van der Waals surface area (Å²) >= 11 is 12.1. The highest BCUT2D eigenvalue weighted by atomic mass is 35.5. The Morgan fingerprint density at radius 2 is 1.88 bits per heavy atom. The van der Waals surface area contributed by atoms with Gasteiger partial charge in [-0.25, -0.2) is 0 Å². The predicted molar refractivity (Wildman–Crippen MR) is 101 cm³/mol. The highest BCUT2D eigenvalue weighted by molar-refractivity contribution is 6.44.